The molecule has 2 aromatic carbocycles. The smallest absolute Gasteiger partial charge is 0.331 e. The lowest BCUT2D eigenvalue weighted by Crippen LogP contribution is -2.17. The molecule has 0 radical (unpaired) electrons. The Kier molecular flexibility index (Phi) is 4.42. The summed E-state index contributed by atoms with van der Waals surface area (Å²) in [6.07, 6.45) is 1.81. The molecular weight excluding hydrogens is 295 g/mol. The minimum atomic E-state index is -0.425. The van der Waals surface area contributed by atoms with Gasteiger partial charge in [-0.25, -0.2) is 9.18 Å². The molecule has 0 aromatic heterocycles. The molecule has 0 aliphatic carbocycles. The maximum absolute atomic E-state index is 13.2. The van der Waals surface area contributed by atoms with Crippen LogP contribution in [0.25, 0.3) is 5.57 Å². The lowest BCUT2D eigenvalue weighted by molar-refractivity contribution is -0.137. The highest BCUT2D eigenvalue weighted by Crippen LogP contribution is 2.34. The number of fused-ring (bicyclic) bond motifs is 1. The first kappa shape index (κ1) is 15.3. The molecule has 4 heteroatoms. The number of para-hydroxylation sites is 1. The maximum atomic E-state index is 13.2. The number of carbonyl (C=O) groups excluding carboxylic acids is 1. The van der Waals surface area contributed by atoms with Gasteiger partial charge >= 0.3 is 5.97 Å². The Hall–Kier alpha value is -2.62. The van der Waals surface area contributed by atoms with Gasteiger partial charge in [-0.2, -0.15) is 0 Å². The molecule has 0 N–H and O–H groups in total. The van der Waals surface area contributed by atoms with Crippen molar-refractivity contribution in [2.75, 3.05) is 6.61 Å². The van der Waals surface area contributed by atoms with E-state index in [1.807, 2.05) is 24.3 Å². The molecule has 23 heavy (non-hydrogen) atoms. The molecule has 1 unspecified atom stereocenters. The minimum absolute atomic E-state index is 0.290. The number of hydrogen-bond donors (Lipinski definition) is 0. The van der Waals surface area contributed by atoms with Gasteiger partial charge in [0.15, 0.2) is 0 Å². The Morgan fingerprint density at radius 3 is 2.70 bits per heavy atom. The second kappa shape index (κ2) is 6.65. The van der Waals surface area contributed by atoms with E-state index in [9.17, 15) is 9.18 Å². The van der Waals surface area contributed by atoms with Crippen LogP contribution >= 0.6 is 0 Å². The highest BCUT2D eigenvalue weighted by Gasteiger charge is 2.27. The van der Waals surface area contributed by atoms with Crippen LogP contribution in [0.15, 0.2) is 54.6 Å². The van der Waals surface area contributed by atoms with Crippen molar-refractivity contribution < 1.29 is 18.7 Å². The van der Waals surface area contributed by atoms with Gasteiger partial charge in [0, 0.05) is 18.1 Å². The molecule has 1 atom stereocenters. The summed E-state index contributed by atoms with van der Waals surface area (Å²) in [5.74, 6) is 0.0700. The Labute approximate surface area is 134 Å². The summed E-state index contributed by atoms with van der Waals surface area (Å²) < 4.78 is 24.2. The fourth-order valence-electron chi connectivity index (χ4n) is 2.67. The first-order chi connectivity index (χ1) is 11.2. The van der Waals surface area contributed by atoms with Crippen molar-refractivity contribution in [2.24, 2.45) is 0 Å². The summed E-state index contributed by atoms with van der Waals surface area (Å²) in [4.78, 5) is 11.9. The van der Waals surface area contributed by atoms with Gasteiger partial charge in [-0.1, -0.05) is 30.3 Å². The van der Waals surface area contributed by atoms with Gasteiger partial charge in [0.2, 0.25) is 0 Å². The molecular formula is C19H17FO3. The third kappa shape index (κ3) is 3.42. The molecule has 1 heterocycles. The number of carbonyl (C=O) groups is 1. The highest BCUT2D eigenvalue weighted by molar-refractivity contribution is 5.92. The van der Waals surface area contributed by atoms with Crippen LogP contribution in [0.1, 0.15) is 18.1 Å². The Morgan fingerprint density at radius 2 is 2.00 bits per heavy atom. The Bertz CT molecular complexity index is 710. The highest BCUT2D eigenvalue weighted by atomic mass is 19.1. The molecule has 3 nitrogen and oxygen atoms in total. The molecule has 0 fully saturated rings. The second-order valence-electron chi connectivity index (χ2n) is 5.28. The largest absolute Gasteiger partial charge is 0.485 e. The number of benzene rings is 2. The zero-order valence-corrected chi connectivity index (χ0v) is 12.8. The van der Waals surface area contributed by atoms with Crippen molar-refractivity contribution in [3.05, 3.63) is 71.6 Å². The zero-order chi connectivity index (χ0) is 16.2. The lowest BCUT2D eigenvalue weighted by Gasteiger charge is -2.16. The standard InChI is InChI=1S/C19H17FO3/c1-2-22-19(21)12-16(13-7-9-15(20)10-8-13)18-11-14-5-3-4-6-17(14)23-18/h3-10,12,18H,2,11H2,1H3/b16-12+. The van der Waals surface area contributed by atoms with Gasteiger partial charge in [-0.3, -0.25) is 0 Å². The van der Waals surface area contributed by atoms with Gasteiger partial charge in [-0.15, -0.1) is 0 Å². The van der Waals surface area contributed by atoms with E-state index < -0.39 is 5.97 Å². The van der Waals surface area contributed by atoms with Crippen molar-refractivity contribution in [2.45, 2.75) is 19.4 Å². The maximum Gasteiger partial charge on any atom is 0.331 e. The van der Waals surface area contributed by atoms with Crippen LogP contribution in [-0.2, 0) is 16.0 Å². The molecule has 0 spiro atoms. The van der Waals surface area contributed by atoms with Gasteiger partial charge in [-0.05, 0) is 36.2 Å². The summed E-state index contributed by atoms with van der Waals surface area (Å²) in [6.45, 7) is 2.06. The summed E-state index contributed by atoms with van der Waals surface area (Å²) in [6, 6.07) is 13.8. The van der Waals surface area contributed by atoms with E-state index in [1.54, 1.807) is 19.1 Å². The molecule has 3 rings (SSSR count). The van der Waals surface area contributed by atoms with E-state index in [1.165, 1.54) is 18.2 Å². The number of rotatable bonds is 4. The van der Waals surface area contributed by atoms with Crippen LogP contribution < -0.4 is 4.74 Å². The third-order valence-electron chi connectivity index (χ3n) is 3.73. The molecule has 118 valence electrons. The molecule has 1 aliphatic rings. The van der Waals surface area contributed by atoms with Crippen LogP contribution in [0.4, 0.5) is 4.39 Å². The number of halogens is 1. The first-order valence-electron chi connectivity index (χ1n) is 7.56. The lowest BCUT2D eigenvalue weighted by atomic mass is 9.96. The predicted octanol–water partition coefficient (Wildman–Crippen LogP) is 3.78. The Morgan fingerprint density at radius 1 is 1.26 bits per heavy atom. The van der Waals surface area contributed by atoms with Crippen LogP contribution in [0, 0.1) is 5.82 Å². The summed E-state index contributed by atoms with van der Waals surface area (Å²) in [5.41, 5.74) is 2.53. The molecule has 0 saturated heterocycles. The molecule has 0 saturated carbocycles. The molecule has 1 aliphatic heterocycles. The monoisotopic (exact) mass is 312 g/mol. The van der Waals surface area contributed by atoms with Crippen LogP contribution in [0.3, 0.4) is 0 Å². The Balaban J connectivity index is 1.93. The topological polar surface area (TPSA) is 35.5 Å². The van der Waals surface area contributed by atoms with Crippen LogP contribution in [0.5, 0.6) is 5.75 Å². The van der Waals surface area contributed by atoms with Gasteiger partial charge in [0.25, 0.3) is 0 Å². The summed E-state index contributed by atoms with van der Waals surface area (Å²) in [5, 5.41) is 0. The summed E-state index contributed by atoms with van der Waals surface area (Å²) >= 11 is 0. The van der Waals surface area contributed by atoms with Crippen molar-refractivity contribution >= 4 is 11.5 Å². The van der Waals surface area contributed by atoms with Crippen LogP contribution in [0.2, 0.25) is 0 Å². The van der Waals surface area contributed by atoms with Gasteiger partial charge in [0.1, 0.15) is 17.7 Å². The molecule has 0 amide bonds. The third-order valence-corrected chi connectivity index (χ3v) is 3.73. The van der Waals surface area contributed by atoms with E-state index in [2.05, 4.69) is 0 Å². The van der Waals surface area contributed by atoms with Crippen molar-refractivity contribution in [1.29, 1.82) is 0 Å². The van der Waals surface area contributed by atoms with Crippen molar-refractivity contribution in [1.82, 2.24) is 0 Å². The summed E-state index contributed by atoms with van der Waals surface area (Å²) in [7, 11) is 0. The number of ether oxygens (including phenoxy) is 2. The van der Waals surface area contributed by atoms with Crippen LogP contribution in [-0.4, -0.2) is 18.7 Å². The SMILES string of the molecule is CCOC(=O)/C=C(\c1ccc(F)cc1)C1Cc2ccccc2O1. The quantitative estimate of drug-likeness (QED) is 0.637. The van der Waals surface area contributed by atoms with Crippen molar-refractivity contribution in [3.63, 3.8) is 0 Å². The van der Waals surface area contributed by atoms with E-state index in [0.717, 1.165) is 16.9 Å². The molecule has 2 aromatic rings. The molecule has 0 bridgehead atoms. The number of hydrogen-bond acceptors (Lipinski definition) is 3. The van der Waals surface area contributed by atoms with Gasteiger partial charge < -0.3 is 9.47 Å². The minimum Gasteiger partial charge on any atom is -0.485 e. The normalized spacial score (nSPS) is 16.6. The zero-order valence-electron chi connectivity index (χ0n) is 12.8. The van der Waals surface area contributed by atoms with E-state index in [0.29, 0.717) is 18.6 Å². The van der Waals surface area contributed by atoms with E-state index >= 15 is 0 Å². The van der Waals surface area contributed by atoms with Crippen molar-refractivity contribution in [3.8, 4) is 5.75 Å². The fraction of sp³-hybridized carbons (Fsp3) is 0.211. The fourth-order valence-corrected chi connectivity index (χ4v) is 2.67. The first-order valence-corrected chi connectivity index (χ1v) is 7.56. The number of esters is 1. The predicted molar refractivity (Wildman–Crippen MR) is 85.6 cm³/mol. The second-order valence-corrected chi connectivity index (χ2v) is 5.28. The average molecular weight is 312 g/mol. The van der Waals surface area contributed by atoms with E-state index in [-0.39, 0.29) is 11.9 Å². The average Bonchev–Trinajstić information content (AvgIpc) is 2.97. The van der Waals surface area contributed by atoms with Gasteiger partial charge in [0.05, 0.1) is 6.61 Å². The van der Waals surface area contributed by atoms with E-state index in [4.69, 9.17) is 9.47 Å².